The first-order valence-electron chi connectivity index (χ1n) is 5.04. The van der Waals surface area contributed by atoms with Crippen LogP contribution >= 0.6 is 11.3 Å². The summed E-state index contributed by atoms with van der Waals surface area (Å²) in [4.78, 5) is 11.5. The summed E-state index contributed by atoms with van der Waals surface area (Å²) in [6.45, 7) is 4.88. The smallest absolute Gasteiger partial charge is 0.282 e. The quantitative estimate of drug-likeness (QED) is 0.722. The predicted octanol–water partition coefficient (Wildman–Crippen LogP) is 0.735. The molecule has 0 saturated heterocycles. The fourth-order valence-corrected chi connectivity index (χ4v) is 1.56. The Morgan fingerprint density at radius 1 is 1.50 bits per heavy atom. The molecular weight excluding hydrogens is 228 g/mol. The second-order valence-corrected chi connectivity index (χ2v) is 4.32. The maximum atomic E-state index is 11.5. The van der Waals surface area contributed by atoms with Crippen molar-refractivity contribution in [2.24, 2.45) is 0 Å². The Hall–Kier alpha value is -1.21. The van der Waals surface area contributed by atoms with Crippen LogP contribution in [0.5, 0.6) is 0 Å². The van der Waals surface area contributed by atoms with Gasteiger partial charge in [0.05, 0.1) is 12.7 Å². The first-order valence-corrected chi connectivity index (χ1v) is 5.86. The summed E-state index contributed by atoms with van der Waals surface area (Å²) >= 11 is 1.22. The lowest BCUT2D eigenvalue weighted by Gasteiger charge is -2.07. The first-order chi connectivity index (χ1) is 7.63. The van der Waals surface area contributed by atoms with Gasteiger partial charge in [0.2, 0.25) is 10.1 Å². The molecule has 0 aliphatic rings. The highest BCUT2D eigenvalue weighted by Gasteiger charge is 2.11. The summed E-state index contributed by atoms with van der Waals surface area (Å²) in [5, 5.41) is 14.0. The van der Waals surface area contributed by atoms with Crippen LogP contribution in [0.2, 0.25) is 0 Å². The van der Waals surface area contributed by atoms with Crippen LogP contribution in [0.4, 0.5) is 5.13 Å². The number of nitrogens with zero attached hydrogens (tertiary/aromatic N) is 2. The van der Waals surface area contributed by atoms with Crippen molar-refractivity contribution in [1.82, 2.24) is 15.5 Å². The van der Waals surface area contributed by atoms with Crippen molar-refractivity contribution in [1.29, 1.82) is 0 Å². The van der Waals surface area contributed by atoms with Gasteiger partial charge < -0.3 is 15.4 Å². The molecule has 0 unspecified atom stereocenters. The Balaban J connectivity index is 2.29. The molecule has 0 aliphatic heterocycles. The number of carbonyl (C=O) groups excluding carboxylic acids is 1. The van der Waals surface area contributed by atoms with E-state index in [2.05, 4.69) is 20.8 Å². The van der Waals surface area contributed by atoms with Crippen LogP contribution in [0.3, 0.4) is 0 Å². The zero-order chi connectivity index (χ0) is 12.0. The topological polar surface area (TPSA) is 76.1 Å². The first kappa shape index (κ1) is 12.9. The summed E-state index contributed by atoms with van der Waals surface area (Å²) in [5.74, 6) is -0.216. The van der Waals surface area contributed by atoms with Crippen LogP contribution in [-0.2, 0) is 4.74 Å². The molecule has 16 heavy (non-hydrogen) atoms. The number of anilines is 1. The van der Waals surface area contributed by atoms with Gasteiger partial charge in [-0.2, -0.15) is 0 Å². The molecule has 1 rings (SSSR count). The number of hydrogen-bond acceptors (Lipinski definition) is 6. The lowest BCUT2D eigenvalue weighted by Crippen LogP contribution is -2.27. The van der Waals surface area contributed by atoms with Crippen LogP contribution < -0.4 is 10.6 Å². The molecule has 7 heteroatoms. The van der Waals surface area contributed by atoms with Crippen molar-refractivity contribution in [3.63, 3.8) is 0 Å². The van der Waals surface area contributed by atoms with E-state index in [0.717, 1.165) is 0 Å². The summed E-state index contributed by atoms with van der Waals surface area (Å²) in [7, 11) is 1.73. The molecule has 90 valence electrons. The van der Waals surface area contributed by atoms with E-state index >= 15 is 0 Å². The largest absolute Gasteiger partial charge is 0.377 e. The van der Waals surface area contributed by atoms with Gasteiger partial charge in [-0.15, -0.1) is 10.2 Å². The summed E-state index contributed by atoms with van der Waals surface area (Å²) in [6, 6.07) is 0. The third-order valence-electron chi connectivity index (χ3n) is 1.67. The summed E-state index contributed by atoms with van der Waals surface area (Å²) in [5.41, 5.74) is 0. The third-order valence-corrected chi connectivity index (χ3v) is 2.61. The fraction of sp³-hybridized carbons (Fsp3) is 0.667. The van der Waals surface area contributed by atoms with Gasteiger partial charge in [-0.25, -0.2) is 0 Å². The van der Waals surface area contributed by atoms with Crippen molar-refractivity contribution in [2.45, 2.75) is 20.0 Å². The SMILES string of the molecule is CNc1nnc(C(=O)NCCOC(C)C)s1. The van der Waals surface area contributed by atoms with Crippen molar-refractivity contribution < 1.29 is 9.53 Å². The molecule has 0 fully saturated rings. The fourth-order valence-electron chi connectivity index (χ4n) is 0.951. The number of rotatable bonds is 6. The Labute approximate surface area is 98.4 Å². The summed E-state index contributed by atoms with van der Waals surface area (Å²) in [6.07, 6.45) is 0.175. The van der Waals surface area contributed by atoms with Crippen LogP contribution in [0.15, 0.2) is 0 Å². The van der Waals surface area contributed by atoms with E-state index in [0.29, 0.717) is 23.3 Å². The second-order valence-electron chi connectivity index (χ2n) is 3.34. The molecule has 1 amide bonds. The minimum atomic E-state index is -0.216. The molecule has 0 atom stereocenters. The highest BCUT2D eigenvalue weighted by Crippen LogP contribution is 2.13. The van der Waals surface area contributed by atoms with E-state index in [9.17, 15) is 4.79 Å². The van der Waals surface area contributed by atoms with Crippen molar-refractivity contribution in [3.8, 4) is 0 Å². The molecule has 0 spiro atoms. The number of amides is 1. The molecule has 0 bridgehead atoms. The van der Waals surface area contributed by atoms with Gasteiger partial charge in [-0.1, -0.05) is 11.3 Å². The van der Waals surface area contributed by atoms with E-state index in [-0.39, 0.29) is 12.0 Å². The van der Waals surface area contributed by atoms with Gasteiger partial charge in [-0.05, 0) is 13.8 Å². The zero-order valence-electron chi connectivity index (χ0n) is 9.61. The Morgan fingerprint density at radius 3 is 2.81 bits per heavy atom. The molecule has 0 radical (unpaired) electrons. The van der Waals surface area contributed by atoms with Gasteiger partial charge in [0, 0.05) is 13.6 Å². The highest BCUT2D eigenvalue weighted by molar-refractivity contribution is 7.17. The third kappa shape index (κ3) is 4.11. The number of aromatic nitrogens is 2. The molecule has 1 heterocycles. The molecular formula is C9H16N4O2S. The highest BCUT2D eigenvalue weighted by atomic mass is 32.1. The average Bonchev–Trinajstić information content (AvgIpc) is 2.72. The molecule has 2 N–H and O–H groups in total. The van der Waals surface area contributed by atoms with Gasteiger partial charge in [-0.3, -0.25) is 4.79 Å². The number of hydrogen-bond donors (Lipinski definition) is 2. The molecule has 0 aromatic carbocycles. The molecule has 0 aliphatic carbocycles. The van der Waals surface area contributed by atoms with Crippen LogP contribution in [0.25, 0.3) is 0 Å². The lowest BCUT2D eigenvalue weighted by atomic mass is 10.5. The molecule has 1 aromatic heterocycles. The van der Waals surface area contributed by atoms with Gasteiger partial charge >= 0.3 is 0 Å². The number of ether oxygens (including phenoxy) is 1. The van der Waals surface area contributed by atoms with Crippen molar-refractivity contribution >= 4 is 22.4 Å². The standard InChI is InChI=1S/C9H16N4O2S/c1-6(2)15-5-4-11-7(14)8-12-13-9(10-3)16-8/h6H,4-5H2,1-3H3,(H,10,13)(H,11,14). The molecule has 6 nitrogen and oxygen atoms in total. The molecule has 0 saturated carbocycles. The minimum absolute atomic E-state index is 0.175. The normalized spacial score (nSPS) is 10.5. The monoisotopic (exact) mass is 244 g/mol. The number of nitrogens with one attached hydrogen (secondary N) is 2. The van der Waals surface area contributed by atoms with E-state index in [1.807, 2.05) is 13.8 Å². The van der Waals surface area contributed by atoms with Crippen molar-refractivity contribution in [3.05, 3.63) is 5.01 Å². The summed E-state index contributed by atoms with van der Waals surface area (Å²) < 4.78 is 5.29. The Kier molecular flexibility index (Phi) is 5.13. The number of carbonyl (C=O) groups is 1. The van der Waals surface area contributed by atoms with Crippen LogP contribution in [0.1, 0.15) is 23.6 Å². The van der Waals surface area contributed by atoms with E-state index in [4.69, 9.17) is 4.74 Å². The Bertz CT molecular complexity index is 340. The van der Waals surface area contributed by atoms with Gasteiger partial charge in [0.25, 0.3) is 5.91 Å². The van der Waals surface area contributed by atoms with Gasteiger partial charge in [0.1, 0.15) is 0 Å². The van der Waals surface area contributed by atoms with Gasteiger partial charge in [0.15, 0.2) is 0 Å². The van der Waals surface area contributed by atoms with E-state index in [1.165, 1.54) is 11.3 Å². The van der Waals surface area contributed by atoms with Crippen molar-refractivity contribution in [2.75, 3.05) is 25.5 Å². The zero-order valence-corrected chi connectivity index (χ0v) is 10.4. The van der Waals surface area contributed by atoms with Crippen LogP contribution in [-0.4, -0.2) is 42.4 Å². The van der Waals surface area contributed by atoms with E-state index in [1.54, 1.807) is 7.05 Å². The Morgan fingerprint density at radius 2 is 2.25 bits per heavy atom. The minimum Gasteiger partial charge on any atom is -0.377 e. The lowest BCUT2D eigenvalue weighted by molar-refractivity contribution is 0.0746. The van der Waals surface area contributed by atoms with E-state index < -0.39 is 0 Å². The van der Waals surface area contributed by atoms with Crippen LogP contribution in [0, 0.1) is 0 Å². The maximum absolute atomic E-state index is 11.5. The molecule has 1 aromatic rings. The predicted molar refractivity (Wildman–Crippen MR) is 62.9 cm³/mol. The average molecular weight is 244 g/mol. The second kappa shape index (κ2) is 6.39. The maximum Gasteiger partial charge on any atom is 0.282 e.